The number of hydrogen-bond donors (Lipinski definition) is 1. The van der Waals surface area contributed by atoms with Crippen molar-refractivity contribution >= 4 is 56.1 Å². The summed E-state index contributed by atoms with van der Waals surface area (Å²) >= 11 is 7.79. The lowest BCUT2D eigenvalue weighted by Crippen LogP contribution is -2.30. The van der Waals surface area contributed by atoms with Gasteiger partial charge in [0.15, 0.2) is 5.78 Å². The van der Waals surface area contributed by atoms with Crippen LogP contribution in [-0.4, -0.2) is 30.1 Å². The van der Waals surface area contributed by atoms with E-state index in [0.717, 1.165) is 39.1 Å². The molecule has 1 aromatic heterocycles. The molecule has 1 amide bonds. The van der Waals surface area contributed by atoms with Crippen LogP contribution in [0.5, 0.6) is 5.75 Å². The first-order valence-corrected chi connectivity index (χ1v) is 12.8. The maximum absolute atomic E-state index is 13.2. The van der Waals surface area contributed by atoms with E-state index in [-0.39, 0.29) is 23.7 Å². The largest absolute Gasteiger partial charge is 0.497 e. The first-order chi connectivity index (χ1) is 17.2. The van der Waals surface area contributed by atoms with Crippen LogP contribution in [0, 0.1) is 0 Å². The van der Waals surface area contributed by atoms with Gasteiger partial charge in [0.05, 0.1) is 29.8 Å². The molecule has 2 heterocycles. The van der Waals surface area contributed by atoms with Crippen LogP contribution < -0.4 is 10.1 Å². The van der Waals surface area contributed by atoms with Crippen molar-refractivity contribution in [3.05, 3.63) is 93.3 Å². The number of amides is 1. The van der Waals surface area contributed by atoms with Crippen LogP contribution in [0.25, 0.3) is 10.1 Å². The zero-order valence-corrected chi connectivity index (χ0v) is 21.8. The SMILES string of the molecule is COc1ccc2c(c1)C(CC(=O)c1ccc(NC(=O)c3sc4ccccc4c3Cl)cc1)=NC(C)(C)C2. The molecule has 5 nitrogen and oxygen atoms in total. The van der Waals surface area contributed by atoms with Crippen molar-refractivity contribution in [2.75, 3.05) is 12.4 Å². The molecule has 0 atom stereocenters. The number of rotatable bonds is 6. The van der Waals surface area contributed by atoms with Crippen LogP contribution in [0.1, 0.15) is 51.4 Å². The zero-order chi connectivity index (χ0) is 25.4. The number of halogens is 1. The Morgan fingerprint density at radius 1 is 1.08 bits per heavy atom. The fourth-order valence-corrected chi connectivity index (χ4v) is 5.93. The van der Waals surface area contributed by atoms with Crippen LogP contribution in [0.15, 0.2) is 71.7 Å². The molecule has 4 aromatic rings. The molecule has 1 aliphatic heterocycles. The summed E-state index contributed by atoms with van der Waals surface area (Å²) in [7, 11) is 1.63. The van der Waals surface area contributed by atoms with E-state index in [1.807, 2.05) is 36.4 Å². The topological polar surface area (TPSA) is 67.8 Å². The van der Waals surface area contributed by atoms with Crippen molar-refractivity contribution in [3.63, 3.8) is 0 Å². The predicted octanol–water partition coefficient (Wildman–Crippen LogP) is 7.21. The number of methoxy groups -OCH3 is 1. The molecule has 0 radical (unpaired) electrons. The van der Waals surface area contributed by atoms with Gasteiger partial charge in [-0.15, -0.1) is 11.3 Å². The van der Waals surface area contributed by atoms with E-state index in [2.05, 4.69) is 25.2 Å². The molecule has 36 heavy (non-hydrogen) atoms. The van der Waals surface area contributed by atoms with E-state index >= 15 is 0 Å². The van der Waals surface area contributed by atoms with Gasteiger partial charge < -0.3 is 10.1 Å². The molecule has 3 aromatic carbocycles. The number of Topliss-reactive ketones (excluding diaryl/α,β-unsaturated/α-hetero) is 1. The second kappa shape index (κ2) is 9.52. The fourth-order valence-electron chi connectivity index (χ4n) is 4.51. The second-order valence-electron chi connectivity index (χ2n) is 9.44. The Balaban J connectivity index is 1.32. The number of carbonyl (C=O) groups is 2. The third-order valence-electron chi connectivity index (χ3n) is 6.22. The van der Waals surface area contributed by atoms with Crippen LogP contribution in [-0.2, 0) is 6.42 Å². The Morgan fingerprint density at radius 3 is 2.56 bits per heavy atom. The smallest absolute Gasteiger partial charge is 0.267 e. The van der Waals surface area contributed by atoms with Crippen molar-refractivity contribution in [1.82, 2.24) is 0 Å². The number of aliphatic imine (C=N–C) groups is 1. The molecule has 0 unspecified atom stereocenters. The summed E-state index contributed by atoms with van der Waals surface area (Å²) in [6.07, 6.45) is 0.995. The average molecular weight is 517 g/mol. The van der Waals surface area contributed by atoms with Gasteiger partial charge in [-0.2, -0.15) is 0 Å². The van der Waals surface area contributed by atoms with E-state index in [9.17, 15) is 9.59 Å². The first-order valence-electron chi connectivity index (χ1n) is 11.6. The Kier molecular flexibility index (Phi) is 6.41. The van der Waals surface area contributed by atoms with Gasteiger partial charge >= 0.3 is 0 Å². The highest BCUT2D eigenvalue weighted by molar-refractivity contribution is 7.21. The number of ketones is 1. The van der Waals surface area contributed by atoms with E-state index in [1.54, 1.807) is 31.4 Å². The first kappa shape index (κ1) is 24.2. The van der Waals surface area contributed by atoms with E-state index < -0.39 is 0 Å². The molecular weight excluding hydrogens is 492 g/mol. The molecule has 1 N–H and O–H groups in total. The van der Waals surface area contributed by atoms with Gasteiger partial charge in [0.2, 0.25) is 0 Å². The van der Waals surface area contributed by atoms with Crippen molar-refractivity contribution in [2.24, 2.45) is 4.99 Å². The summed E-state index contributed by atoms with van der Waals surface area (Å²) in [5.74, 6) is 0.433. The summed E-state index contributed by atoms with van der Waals surface area (Å²) in [5.41, 5.74) is 3.77. The highest BCUT2D eigenvalue weighted by Crippen LogP contribution is 2.35. The average Bonchev–Trinajstić information content (AvgIpc) is 3.20. The maximum atomic E-state index is 13.2. The number of hydrogen-bond acceptors (Lipinski definition) is 5. The normalized spacial score (nSPS) is 14.2. The number of ether oxygens (including phenoxy) is 1. The minimum atomic E-state index is -0.279. The standard InChI is InChI=1S/C29H25ClN2O3S/c1-29(2)16-18-10-13-20(35-3)14-22(18)23(32-29)15-24(33)17-8-11-19(12-9-17)31-28(34)27-26(30)21-6-4-5-7-25(21)36-27/h4-14H,15-16H2,1-3H3,(H,31,34). The van der Waals surface area contributed by atoms with Crippen LogP contribution >= 0.6 is 22.9 Å². The van der Waals surface area contributed by atoms with Crippen molar-refractivity contribution in [1.29, 1.82) is 0 Å². The van der Waals surface area contributed by atoms with E-state index in [1.165, 1.54) is 11.3 Å². The van der Waals surface area contributed by atoms with Gasteiger partial charge in [-0.1, -0.05) is 35.9 Å². The minimum absolute atomic E-state index is 0.0364. The van der Waals surface area contributed by atoms with Gasteiger partial charge in [0.25, 0.3) is 5.91 Å². The molecule has 0 aliphatic carbocycles. The number of anilines is 1. The van der Waals surface area contributed by atoms with Gasteiger partial charge in [-0.25, -0.2) is 0 Å². The van der Waals surface area contributed by atoms with Crippen molar-refractivity contribution < 1.29 is 14.3 Å². The summed E-state index contributed by atoms with van der Waals surface area (Å²) in [5, 5.41) is 4.20. The molecule has 182 valence electrons. The zero-order valence-electron chi connectivity index (χ0n) is 20.2. The number of fused-ring (bicyclic) bond motifs is 2. The minimum Gasteiger partial charge on any atom is -0.497 e. The molecule has 0 saturated heterocycles. The number of carbonyl (C=O) groups excluding carboxylic acids is 2. The highest BCUT2D eigenvalue weighted by Gasteiger charge is 2.28. The number of thiophene rings is 1. The lowest BCUT2D eigenvalue weighted by molar-refractivity contribution is 0.0998. The number of nitrogens with one attached hydrogen (secondary N) is 1. The monoisotopic (exact) mass is 516 g/mol. The Bertz CT molecular complexity index is 1520. The molecule has 0 fully saturated rings. The Morgan fingerprint density at radius 2 is 1.83 bits per heavy atom. The van der Waals surface area contributed by atoms with Gasteiger partial charge in [0.1, 0.15) is 10.6 Å². The van der Waals surface area contributed by atoms with Crippen LogP contribution in [0.3, 0.4) is 0 Å². The fraction of sp³-hybridized carbons (Fsp3) is 0.207. The summed E-state index contributed by atoms with van der Waals surface area (Å²) < 4.78 is 6.35. The van der Waals surface area contributed by atoms with Gasteiger partial charge in [-0.3, -0.25) is 14.6 Å². The summed E-state index contributed by atoms with van der Waals surface area (Å²) in [6.45, 7) is 4.15. The highest BCUT2D eigenvalue weighted by atomic mass is 35.5. The van der Waals surface area contributed by atoms with Crippen molar-refractivity contribution in [2.45, 2.75) is 32.2 Å². The van der Waals surface area contributed by atoms with E-state index in [0.29, 0.717) is 21.2 Å². The number of nitrogens with zero attached hydrogens (tertiary/aromatic N) is 1. The molecule has 5 rings (SSSR count). The summed E-state index contributed by atoms with van der Waals surface area (Å²) in [4.78, 5) is 31.4. The van der Waals surface area contributed by atoms with Crippen LogP contribution in [0.4, 0.5) is 5.69 Å². The third-order valence-corrected chi connectivity index (χ3v) is 7.90. The molecule has 0 bridgehead atoms. The molecular formula is C29H25ClN2O3S. The van der Waals surface area contributed by atoms with Gasteiger partial charge in [0, 0.05) is 26.9 Å². The third kappa shape index (κ3) is 4.79. The molecule has 1 aliphatic rings. The summed E-state index contributed by atoms with van der Waals surface area (Å²) in [6, 6.07) is 20.5. The Hall–Kier alpha value is -3.48. The van der Waals surface area contributed by atoms with Gasteiger partial charge in [-0.05, 0) is 68.3 Å². The lowest BCUT2D eigenvalue weighted by Gasteiger charge is -2.29. The van der Waals surface area contributed by atoms with E-state index in [4.69, 9.17) is 21.3 Å². The Labute approximate surface area is 218 Å². The predicted molar refractivity (Wildman–Crippen MR) is 147 cm³/mol. The lowest BCUT2D eigenvalue weighted by atomic mass is 9.85. The molecule has 0 saturated carbocycles. The van der Waals surface area contributed by atoms with Crippen LogP contribution in [0.2, 0.25) is 5.02 Å². The number of benzene rings is 3. The van der Waals surface area contributed by atoms with Crippen molar-refractivity contribution in [3.8, 4) is 5.75 Å². The second-order valence-corrected chi connectivity index (χ2v) is 10.9. The quantitative estimate of drug-likeness (QED) is 0.275. The molecule has 0 spiro atoms. The maximum Gasteiger partial charge on any atom is 0.267 e. The molecule has 7 heteroatoms.